The quantitative estimate of drug-likeness (QED) is 0.450. The summed E-state index contributed by atoms with van der Waals surface area (Å²) in [6.07, 6.45) is 5.68. The van der Waals surface area contributed by atoms with E-state index < -0.39 is 10.0 Å². The smallest absolute Gasteiger partial charge is 0.240 e. The lowest BCUT2D eigenvalue weighted by Gasteiger charge is -2.19. The minimum absolute atomic E-state index is 0.00774. The maximum Gasteiger partial charge on any atom is 0.240 e. The number of nitrogens with one attached hydrogen (secondary N) is 2. The van der Waals surface area contributed by atoms with Crippen molar-refractivity contribution in [3.63, 3.8) is 0 Å². The zero-order valence-electron chi connectivity index (χ0n) is 20.6. The normalized spacial score (nSPS) is 14.8. The second kappa shape index (κ2) is 11.8. The van der Waals surface area contributed by atoms with E-state index >= 15 is 0 Å². The summed E-state index contributed by atoms with van der Waals surface area (Å²) in [5.74, 6) is 0.809. The van der Waals surface area contributed by atoms with Gasteiger partial charge in [-0.3, -0.25) is 4.79 Å². The highest BCUT2D eigenvalue weighted by Gasteiger charge is 2.22. The third-order valence-corrected chi connectivity index (χ3v) is 7.72. The van der Waals surface area contributed by atoms with Crippen LogP contribution in [0.4, 0.5) is 0 Å². The van der Waals surface area contributed by atoms with Gasteiger partial charge in [0.1, 0.15) is 5.75 Å². The molecule has 2 aromatic carbocycles. The third kappa shape index (κ3) is 8.13. The van der Waals surface area contributed by atoms with Crippen molar-refractivity contribution in [2.24, 2.45) is 0 Å². The molecule has 2 N–H and O–H groups in total. The minimum atomic E-state index is -3.47. The molecule has 1 amide bonds. The van der Waals surface area contributed by atoms with Crippen LogP contribution in [0.2, 0.25) is 0 Å². The zero-order chi connectivity index (χ0) is 24.6. The van der Waals surface area contributed by atoms with Gasteiger partial charge in [0.05, 0.1) is 11.5 Å². The van der Waals surface area contributed by atoms with Gasteiger partial charge in [-0.25, -0.2) is 13.1 Å². The van der Waals surface area contributed by atoms with Crippen LogP contribution >= 0.6 is 0 Å². The Morgan fingerprint density at radius 1 is 1.00 bits per heavy atom. The topological polar surface area (TPSA) is 84.5 Å². The molecule has 0 aromatic heterocycles. The van der Waals surface area contributed by atoms with Crippen molar-refractivity contribution in [3.05, 3.63) is 59.7 Å². The highest BCUT2D eigenvalue weighted by molar-refractivity contribution is 7.89. The standard InChI is InChI=1S/C27H38N2O4S/c1-27(2,3)22-12-14-24(15-13-22)33-20-6-9-26(30)28-19-18-21-10-16-25(17-11-21)34(31,32)29-23-7-4-5-8-23/h10-17,23,29H,4-9,18-20H2,1-3H3,(H,28,30). The van der Waals surface area contributed by atoms with Gasteiger partial charge in [0.15, 0.2) is 0 Å². The van der Waals surface area contributed by atoms with Crippen molar-refractivity contribution in [1.29, 1.82) is 0 Å². The molecular formula is C27H38N2O4S. The van der Waals surface area contributed by atoms with Gasteiger partial charge >= 0.3 is 0 Å². The molecule has 0 heterocycles. The fourth-order valence-corrected chi connectivity index (χ4v) is 5.38. The van der Waals surface area contributed by atoms with Gasteiger partial charge in [-0.2, -0.15) is 0 Å². The van der Waals surface area contributed by atoms with E-state index in [2.05, 4.69) is 42.9 Å². The average molecular weight is 487 g/mol. The van der Waals surface area contributed by atoms with Crippen LogP contribution in [0.15, 0.2) is 53.4 Å². The fraction of sp³-hybridized carbons (Fsp3) is 0.519. The van der Waals surface area contributed by atoms with Gasteiger partial charge in [0.25, 0.3) is 0 Å². The number of carbonyl (C=O) groups excluding carboxylic acids is 1. The molecule has 0 saturated heterocycles. The van der Waals surface area contributed by atoms with Crippen molar-refractivity contribution in [3.8, 4) is 5.75 Å². The molecule has 1 aliphatic carbocycles. The molecule has 0 bridgehead atoms. The van der Waals surface area contributed by atoms with Crippen molar-refractivity contribution < 1.29 is 17.9 Å². The van der Waals surface area contributed by atoms with Crippen molar-refractivity contribution in [2.75, 3.05) is 13.2 Å². The largest absolute Gasteiger partial charge is 0.494 e. The summed E-state index contributed by atoms with van der Waals surface area (Å²) in [4.78, 5) is 12.4. The Kier molecular flexibility index (Phi) is 9.14. The summed E-state index contributed by atoms with van der Waals surface area (Å²) < 4.78 is 33.5. The van der Waals surface area contributed by atoms with Crippen molar-refractivity contribution >= 4 is 15.9 Å². The van der Waals surface area contributed by atoms with E-state index in [9.17, 15) is 13.2 Å². The maximum atomic E-state index is 12.5. The van der Waals surface area contributed by atoms with E-state index in [1.54, 1.807) is 12.1 Å². The first-order chi connectivity index (χ1) is 16.1. The van der Waals surface area contributed by atoms with E-state index in [0.717, 1.165) is 37.0 Å². The predicted octanol–water partition coefficient (Wildman–Crippen LogP) is 4.72. The number of benzene rings is 2. The molecule has 1 saturated carbocycles. The predicted molar refractivity (Wildman–Crippen MR) is 136 cm³/mol. The van der Waals surface area contributed by atoms with Gasteiger partial charge in [-0.1, -0.05) is 57.9 Å². The number of carbonyl (C=O) groups is 1. The zero-order valence-corrected chi connectivity index (χ0v) is 21.4. The molecule has 1 aliphatic rings. The molecule has 2 aromatic rings. The first-order valence-electron chi connectivity index (χ1n) is 12.2. The van der Waals surface area contributed by atoms with Gasteiger partial charge in [0.2, 0.25) is 15.9 Å². The van der Waals surface area contributed by atoms with E-state index in [1.807, 2.05) is 24.3 Å². The molecule has 7 heteroatoms. The van der Waals surface area contributed by atoms with E-state index in [1.165, 1.54) is 5.56 Å². The van der Waals surface area contributed by atoms with Crippen molar-refractivity contribution in [1.82, 2.24) is 10.0 Å². The van der Waals surface area contributed by atoms with Crippen LogP contribution < -0.4 is 14.8 Å². The number of hydrogen-bond donors (Lipinski definition) is 2. The summed E-state index contributed by atoms with van der Waals surface area (Å²) in [6, 6.07) is 15.1. The molecule has 0 unspecified atom stereocenters. The Labute approximate surface area is 204 Å². The van der Waals surface area contributed by atoms with Crippen LogP contribution in [0.1, 0.15) is 70.4 Å². The molecule has 0 radical (unpaired) electrons. The van der Waals surface area contributed by atoms with Gasteiger partial charge in [-0.05, 0) is 66.5 Å². The third-order valence-electron chi connectivity index (χ3n) is 6.18. The molecule has 186 valence electrons. The number of ether oxygens (including phenoxy) is 1. The van der Waals surface area contributed by atoms with Crippen LogP contribution in [0, 0.1) is 0 Å². The lowest BCUT2D eigenvalue weighted by molar-refractivity contribution is -0.121. The lowest BCUT2D eigenvalue weighted by Crippen LogP contribution is -2.32. The maximum absolute atomic E-state index is 12.5. The molecule has 0 aliphatic heterocycles. The molecule has 0 spiro atoms. The SMILES string of the molecule is CC(C)(C)c1ccc(OCCCC(=O)NCCc2ccc(S(=O)(=O)NC3CCCC3)cc2)cc1. The molecule has 0 atom stereocenters. The lowest BCUT2D eigenvalue weighted by atomic mass is 9.87. The summed E-state index contributed by atoms with van der Waals surface area (Å²) in [6.45, 7) is 7.54. The second-order valence-electron chi connectivity index (χ2n) is 10.1. The highest BCUT2D eigenvalue weighted by atomic mass is 32.2. The summed E-state index contributed by atoms with van der Waals surface area (Å²) in [7, 11) is -3.47. The Morgan fingerprint density at radius 2 is 1.65 bits per heavy atom. The number of sulfonamides is 1. The number of hydrogen-bond acceptors (Lipinski definition) is 4. The molecule has 1 fully saturated rings. The van der Waals surface area contributed by atoms with E-state index in [-0.39, 0.29) is 17.4 Å². The second-order valence-corrected chi connectivity index (χ2v) is 11.8. The fourth-order valence-electron chi connectivity index (χ4n) is 4.07. The van der Waals surface area contributed by atoms with E-state index in [0.29, 0.717) is 37.3 Å². The molecule has 3 rings (SSSR count). The highest BCUT2D eigenvalue weighted by Crippen LogP contribution is 2.24. The van der Waals surface area contributed by atoms with Gasteiger partial charge in [0, 0.05) is 19.0 Å². The Hall–Kier alpha value is -2.38. The Bertz CT molecular complexity index is 1020. The minimum Gasteiger partial charge on any atom is -0.494 e. The van der Waals surface area contributed by atoms with Gasteiger partial charge < -0.3 is 10.1 Å². The van der Waals surface area contributed by atoms with Crippen molar-refractivity contribution in [2.45, 2.75) is 82.1 Å². The number of rotatable bonds is 11. The Morgan fingerprint density at radius 3 is 2.26 bits per heavy atom. The van der Waals surface area contributed by atoms with Crippen LogP contribution in [0.25, 0.3) is 0 Å². The summed E-state index contributed by atoms with van der Waals surface area (Å²) >= 11 is 0. The first-order valence-corrected chi connectivity index (χ1v) is 13.7. The van der Waals surface area contributed by atoms with Crippen LogP contribution in [-0.4, -0.2) is 33.5 Å². The van der Waals surface area contributed by atoms with Crippen LogP contribution in [0.5, 0.6) is 5.75 Å². The molecular weight excluding hydrogens is 448 g/mol. The number of amides is 1. The summed E-state index contributed by atoms with van der Waals surface area (Å²) in [5, 5.41) is 2.92. The van der Waals surface area contributed by atoms with E-state index in [4.69, 9.17) is 4.74 Å². The Balaban J connectivity index is 1.32. The first kappa shape index (κ1) is 26.2. The molecule has 6 nitrogen and oxygen atoms in total. The summed E-state index contributed by atoms with van der Waals surface area (Å²) in [5.41, 5.74) is 2.36. The molecule has 34 heavy (non-hydrogen) atoms. The monoisotopic (exact) mass is 486 g/mol. The average Bonchev–Trinajstić information content (AvgIpc) is 3.29. The van der Waals surface area contributed by atoms with Crippen LogP contribution in [-0.2, 0) is 26.7 Å². The van der Waals surface area contributed by atoms with Crippen LogP contribution in [0.3, 0.4) is 0 Å². The van der Waals surface area contributed by atoms with Gasteiger partial charge in [-0.15, -0.1) is 0 Å².